The molecule has 4 heterocycles. The summed E-state index contributed by atoms with van der Waals surface area (Å²) in [6.07, 6.45) is 3.89. The zero-order valence-electron chi connectivity index (χ0n) is 19.8. The molecule has 3 atom stereocenters. The van der Waals surface area contributed by atoms with Gasteiger partial charge in [-0.25, -0.2) is 4.98 Å². The van der Waals surface area contributed by atoms with E-state index in [4.69, 9.17) is 21.1 Å². The van der Waals surface area contributed by atoms with Crippen molar-refractivity contribution in [1.29, 1.82) is 0 Å². The number of nitrogens with zero attached hydrogens (tertiary/aromatic N) is 3. The molecule has 1 aromatic carbocycles. The van der Waals surface area contributed by atoms with Gasteiger partial charge in [0.2, 0.25) is 11.8 Å². The maximum atomic E-state index is 13.3. The molecule has 0 radical (unpaired) electrons. The highest BCUT2D eigenvalue weighted by molar-refractivity contribution is 6.30. The summed E-state index contributed by atoms with van der Waals surface area (Å²) in [5, 5.41) is 15.1. The number of carbonyl (C=O) groups excluding carboxylic acids is 1. The van der Waals surface area contributed by atoms with Crippen LogP contribution in [0, 0.1) is 5.92 Å². The number of amides is 1. The third-order valence-corrected chi connectivity index (χ3v) is 7.36. The van der Waals surface area contributed by atoms with Crippen LogP contribution >= 0.6 is 11.6 Å². The van der Waals surface area contributed by atoms with E-state index in [1.807, 2.05) is 30.3 Å². The zero-order valence-corrected chi connectivity index (χ0v) is 20.6. The van der Waals surface area contributed by atoms with Gasteiger partial charge in [0.1, 0.15) is 12.2 Å². The Bertz CT molecular complexity index is 980. The van der Waals surface area contributed by atoms with Crippen molar-refractivity contribution in [3.05, 3.63) is 53.2 Å². The Balaban J connectivity index is 1.23. The summed E-state index contributed by atoms with van der Waals surface area (Å²) in [6, 6.07) is 10.9. The minimum Gasteiger partial charge on any atom is -0.469 e. The minimum atomic E-state index is -0.859. The third-order valence-electron chi connectivity index (χ3n) is 7.11. The molecule has 0 aliphatic carbocycles. The molecule has 3 fully saturated rings. The van der Waals surface area contributed by atoms with Gasteiger partial charge in [-0.3, -0.25) is 4.79 Å². The van der Waals surface area contributed by atoms with Crippen molar-refractivity contribution in [3.63, 3.8) is 0 Å². The molecule has 5 rings (SSSR count). The summed E-state index contributed by atoms with van der Waals surface area (Å²) >= 11 is 6.02. The molecule has 3 aliphatic heterocycles. The van der Waals surface area contributed by atoms with Crippen LogP contribution in [0.5, 0.6) is 5.88 Å². The van der Waals surface area contributed by atoms with Crippen molar-refractivity contribution in [2.24, 2.45) is 5.92 Å². The summed E-state index contributed by atoms with van der Waals surface area (Å²) in [4.78, 5) is 22.2. The zero-order chi connectivity index (χ0) is 24.2. The number of pyridine rings is 1. The van der Waals surface area contributed by atoms with Crippen molar-refractivity contribution < 1.29 is 19.4 Å². The summed E-state index contributed by atoms with van der Waals surface area (Å²) in [6.45, 7) is 5.20. The number of hydrogen-bond acceptors (Lipinski definition) is 7. The van der Waals surface area contributed by atoms with Gasteiger partial charge in [0.05, 0.1) is 25.2 Å². The van der Waals surface area contributed by atoms with Crippen molar-refractivity contribution >= 4 is 23.2 Å². The highest BCUT2D eigenvalue weighted by Gasteiger charge is 2.33. The number of benzene rings is 1. The largest absolute Gasteiger partial charge is 0.469 e. The van der Waals surface area contributed by atoms with E-state index in [-0.39, 0.29) is 17.9 Å². The number of anilines is 1. The van der Waals surface area contributed by atoms with Crippen LogP contribution in [-0.4, -0.2) is 79.0 Å². The fourth-order valence-corrected chi connectivity index (χ4v) is 5.08. The van der Waals surface area contributed by atoms with Crippen LogP contribution in [0.3, 0.4) is 0 Å². The van der Waals surface area contributed by atoms with Crippen LogP contribution in [-0.2, 0) is 9.53 Å². The lowest BCUT2D eigenvalue weighted by atomic mass is 10.0. The van der Waals surface area contributed by atoms with Gasteiger partial charge in [-0.15, -0.1) is 0 Å². The first-order valence-corrected chi connectivity index (χ1v) is 12.8. The topological polar surface area (TPSA) is 87.2 Å². The van der Waals surface area contributed by atoms with E-state index in [1.54, 1.807) is 12.3 Å². The standard InChI is InChI=1S/C26H33ClN4O4/c27-20-4-6-21(7-5-20)31-12-9-19(14-31)26(33)29-23(15-30-10-1-2-11-30)25(32)18-3-8-24(28-13-18)35-22-16-34-17-22/h3-8,13,19,22-23,25,32H,1-2,9-12,14-17H2,(H,29,33)/t19?,23-,25-/m1/s1. The van der Waals surface area contributed by atoms with Crippen LogP contribution in [0.4, 0.5) is 5.69 Å². The van der Waals surface area contributed by atoms with Gasteiger partial charge in [-0.2, -0.15) is 0 Å². The second-order valence-corrected chi connectivity index (χ2v) is 10.1. The number of halogens is 1. The molecule has 2 N–H and O–H groups in total. The highest BCUT2D eigenvalue weighted by Crippen LogP contribution is 2.27. The van der Waals surface area contributed by atoms with Gasteiger partial charge in [0.15, 0.2) is 0 Å². The molecule has 0 bridgehead atoms. The Morgan fingerprint density at radius 2 is 1.94 bits per heavy atom. The smallest absolute Gasteiger partial charge is 0.225 e. The first-order chi connectivity index (χ1) is 17.0. The molecule has 9 heteroatoms. The first kappa shape index (κ1) is 24.3. The van der Waals surface area contributed by atoms with Crippen LogP contribution in [0.1, 0.15) is 30.9 Å². The second kappa shape index (κ2) is 11.1. The Labute approximate surface area is 211 Å². The van der Waals surface area contributed by atoms with E-state index in [1.165, 1.54) is 0 Å². The Morgan fingerprint density at radius 1 is 1.17 bits per heavy atom. The lowest BCUT2D eigenvalue weighted by molar-refractivity contribution is -0.126. The van der Waals surface area contributed by atoms with Gasteiger partial charge in [0, 0.05) is 48.2 Å². The number of aliphatic hydroxyl groups is 1. The second-order valence-electron chi connectivity index (χ2n) is 9.68. The lowest BCUT2D eigenvalue weighted by Gasteiger charge is -2.30. The maximum Gasteiger partial charge on any atom is 0.225 e. The fourth-order valence-electron chi connectivity index (χ4n) is 4.95. The average molecular weight is 501 g/mol. The summed E-state index contributed by atoms with van der Waals surface area (Å²) < 4.78 is 10.9. The van der Waals surface area contributed by atoms with Crippen molar-refractivity contribution in [2.45, 2.75) is 37.5 Å². The average Bonchev–Trinajstić information content (AvgIpc) is 3.54. The first-order valence-electron chi connectivity index (χ1n) is 12.5. The normalized spacial score (nSPS) is 22.6. The van der Waals surface area contributed by atoms with Gasteiger partial charge in [-0.1, -0.05) is 11.6 Å². The molecule has 1 unspecified atom stereocenters. The quantitative estimate of drug-likeness (QED) is 0.547. The van der Waals surface area contributed by atoms with E-state index in [0.717, 1.165) is 44.6 Å². The molecule has 0 saturated carbocycles. The number of rotatable bonds is 9. The summed E-state index contributed by atoms with van der Waals surface area (Å²) in [7, 11) is 0. The Kier molecular flexibility index (Phi) is 7.72. The molecule has 2 aromatic rings. The molecule has 1 aromatic heterocycles. The van der Waals surface area contributed by atoms with Crippen LogP contribution in [0.2, 0.25) is 5.02 Å². The molecule has 35 heavy (non-hydrogen) atoms. The molecule has 3 aliphatic rings. The molecule has 1 amide bonds. The Hall–Kier alpha value is -2.39. The minimum absolute atomic E-state index is 0.0115. The number of ether oxygens (including phenoxy) is 2. The molecule has 188 valence electrons. The fraction of sp³-hybridized carbons (Fsp3) is 0.538. The monoisotopic (exact) mass is 500 g/mol. The number of hydrogen-bond donors (Lipinski definition) is 2. The van der Waals surface area contributed by atoms with Gasteiger partial charge >= 0.3 is 0 Å². The van der Waals surface area contributed by atoms with Crippen molar-refractivity contribution in [3.8, 4) is 5.88 Å². The van der Waals surface area contributed by atoms with Gasteiger partial charge in [-0.05, 0) is 62.7 Å². The number of aliphatic hydroxyl groups excluding tert-OH is 1. The van der Waals surface area contributed by atoms with Gasteiger partial charge < -0.3 is 29.7 Å². The number of likely N-dealkylation sites (tertiary alicyclic amines) is 1. The van der Waals surface area contributed by atoms with Crippen LogP contribution in [0.25, 0.3) is 0 Å². The SMILES string of the molecule is O=C(N[C@H](CN1CCCC1)[C@H](O)c1ccc(OC2COC2)nc1)C1CCN(c2ccc(Cl)cc2)C1. The van der Waals surface area contributed by atoms with E-state index < -0.39 is 12.1 Å². The van der Waals surface area contributed by atoms with Gasteiger partial charge in [0.25, 0.3) is 0 Å². The number of carbonyl (C=O) groups is 1. The molecule has 3 saturated heterocycles. The summed E-state index contributed by atoms with van der Waals surface area (Å²) in [5.74, 6) is 0.378. The van der Waals surface area contributed by atoms with Crippen molar-refractivity contribution in [2.75, 3.05) is 50.8 Å². The molecular formula is C26H33ClN4O4. The molecule has 0 spiro atoms. The predicted molar refractivity (Wildman–Crippen MR) is 134 cm³/mol. The van der Waals surface area contributed by atoms with Crippen LogP contribution in [0.15, 0.2) is 42.6 Å². The number of aromatic nitrogens is 1. The van der Waals surface area contributed by atoms with E-state index in [2.05, 4.69) is 20.1 Å². The maximum absolute atomic E-state index is 13.3. The summed E-state index contributed by atoms with van der Waals surface area (Å²) in [5.41, 5.74) is 1.74. The Morgan fingerprint density at radius 3 is 2.60 bits per heavy atom. The molecular weight excluding hydrogens is 468 g/mol. The van der Waals surface area contributed by atoms with Crippen molar-refractivity contribution in [1.82, 2.24) is 15.2 Å². The van der Waals surface area contributed by atoms with E-state index >= 15 is 0 Å². The third kappa shape index (κ3) is 6.06. The molecule has 8 nitrogen and oxygen atoms in total. The highest BCUT2D eigenvalue weighted by atomic mass is 35.5. The van der Waals surface area contributed by atoms with Crippen LogP contribution < -0.4 is 15.0 Å². The predicted octanol–water partition coefficient (Wildman–Crippen LogP) is 2.65. The van der Waals surface area contributed by atoms with E-state index in [0.29, 0.717) is 42.8 Å². The lowest BCUT2D eigenvalue weighted by Crippen LogP contribution is -2.48. The number of nitrogens with one attached hydrogen (secondary N) is 1. The van der Waals surface area contributed by atoms with E-state index in [9.17, 15) is 9.90 Å².